The smallest absolute Gasteiger partial charge is 0.326 e. The van der Waals surface area contributed by atoms with Gasteiger partial charge >= 0.3 is 11.9 Å². The van der Waals surface area contributed by atoms with Gasteiger partial charge in [-0.25, -0.2) is 0 Å². The molecule has 1 fully saturated rings. The van der Waals surface area contributed by atoms with E-state index < -0.39 is 35.2 Å². The van der Waals surface area contributed by atoms with Crippen molar-refractivity contribution in [2.75, 3.05) is 18.0 Å². The number of unbranched alkanes of at least 4 members (excludes halogenated alkanes) is 3. The van der Waals surface area contributed by atoms with Gasteiger partial charge in [0.15, 0.2) is 5.41 Å². The van der Waals surface area contributed by atoms with Gasteiger partial charge in [0.25, 0.3) is 5.91 Å². The van der Waals surface area contributed by atoms with Gasteiger partial charge < -0.3 is 20.0 Å². The highest BCUT2D eigenvalue weighted by atomic mass is 32.2. The number of anilines is 2. The topological polar surface area (TPSA) is 122 Å². The van der Waals surface area contributed by atoms with Gasteiger partial charge in [-0.3, -0.25) is 14.4 Å². The minimum Gasteiger partial charge on any atom is -0.480 e. The van der Waals surface area contributed by atoms with Gasteiger partial charge in [-0.2, -0.15) is 5.26 Å². The number of carbonyl (C=O) groups excluding carboxylic acids is 1. The molecule has 8 aromatic rings. The van der Waals surface area contributed by atoms with Gasteiger partial charge in [-0.15, -0.1) is 22.7 Å². The van der Waals surface area contributed by atoms with Crippen LogP contribution in [0.3, 0.4) is 0 Å². The first kappa shape index (κ1) is 45.1. The van der Waals surface area contributed by atoms with Crippen LogP contribution < -0.4 is 4.90 Å². The van der Waals surface area contributed by atoms with Crippen molar-refractivity contribution in [3.63, 3.8) is 0 Å². The van der Waals surface area contributed by atoms with Gasteiger partial charge in [0.2, 0.25) is 0 Å². The molecule has 1 amide bonds. The molecule has 2 aromatic heterocycles. The summed E-state index contributed by atoms with van der Waals surface area (Å²) in [5, 5.41) is 30.9. The molecule has 0 saturated carbocycles. The van der Waals surface area contributed by atoms with E-state index in [1.807, 2.05) is 36.4 Å². The number of carbonyl (C=O) groups is 3. The zero-order chi connectivity index (χ0) is 47.5. The van der Waals surface area contributed by atoms with Gasteiger partial charge in [-0.05, 0) is 112 Å². The number of aliphatic carboxylic acids is 2. The highest BCUT2D eigenvalue weighted by Crippen LogP contribution is 2.53. The SMILES string of the molecule is CCCCCCN1c2ccccc2C(C)(C)c2cc(-c3cc4c(cc3-c3ccccc3)sc3c5cc(/C=C6/SC(C(C)(C#N)C(=O)O)N(CC(=O)O)C6=O)c(-c6ccccc6)cc5sc43)ccc21. The number of para-hydroxylation sites is 1. The second kappa shape index (κ2) is 17.7. The molecule has 11 heteroatoms. The fraction of sp³-hybridized carbons (Fsp3) is 0.228. The Morgan fingerprint density at radius 1 is 0.735 bits per heavy atom. The number of hydrogen-bond donors (Lipinski definition) is 2. The summed E-state index contributed by atoms with van der Waals surface area (Å²) in [5.74, 6) is -3.36. The molecule has 8 nitrogen and oxygen atoms in total. The summed E-state index contributed by atoms with van der Waals surface area (Å²) in [6, 6.07) is 47.2. The number of thioether (sulfide) groups is 1. The van der Waals surface area contributed by atoms with Crippen molar-refractivity contribution in [3.8, 4) is 39.4 Å². The minimum atomic E-state index is -2.05. The van der Waals surface area contributed by atoms with Gasteiger partial charge in [0.05, 0.1) is 20.4 Å². The quantitative estimate of drug-likeness (QED) is 0.0866. The lowest BCUT2D eigenvalue weighted by Gasteiger charge is -2.42. The number of nitriles is 1. The molecule has 2 aliphatic heterocycles. The maximum absolute atomic E-state index is 14.1. The molecule has 0 spiro atoms. The molecule has 0 bridgehead atoms. The Hall–Kier alpha value is -6.71. The standard InChI is InChI=1S/C57H49N3O5S3/c1-5-6-7-16-25-59-45-22-15-14-21-43(45)56(2,3)44-27-36(23-24-46(44)59)39-29-42-48(31-40(39)35-19-12-9-13-20-35)67-51-41-26-37(38(30-47(41)66-52(42)51)34-17-10-8-11-18-34)28-49-53(63)60(32-50(61)62)54(68-49)57(4,33-58)55(64)65/h8-15,17-24,26-31,54H,5-7,16,25,32H2,1-4H3,(H,61,62)(H,64,65)/b49-28+. The zero-order valence-electron chi connectivity index (χ0n) is 38.2. The van der Waals surface area contributed by atoms with Crippen molar-refractivity contribution in [2.45, 2.75) is 64.2 Å². The Morgan fingerprint density at radius 3 is 1.99 bits per heavy atom. The molecule has 2 unspecified atom stereocenters. The van der Waals surface area contributed by atoms with Crippen LogP contribution in [0.5, 0.6) is 0 Å². The average molecular weight is 952 g/mol. The van der Waals surface area contributed by atoms with Gasteiger partial charge in [0.1, 0.15) is 11.9 Å². The Morgan fingerprint density at radius 2 is 1.34 bits per heavy atom. The average Bonchev–Trinajstić information content (AvgIpc) is 3.99. The predicted molar refractivity (Wildman–Crippen MR) is 281 cm³/mol. The number of thiophene rings is 2. The van der Waals surface area contributed by atoms with E-state index in [0.29, 0.717) is 0 Å². The van der Waals surface area contributed by atoms with E-state index in [2.05, 4.69) is 123 Å². The summed E-state index contributed by atoms with van der Waals surface area (Å²) in [7, 11) is 0. The second-order valence-electron chi connectivity index (χ2n) is 18.4. The summed E-state index contributed by atoms with van der Waals surface area (Å²) < 4.78 is 4.53. The lowest BCUT2D eigenvalue weighted by molar-refractivity contribution is -0.150. The first-order chi connectivity index (χ1) is 32.8. The molecule has 2 aliphatic rings. The monoisotopic (exact) mass is 951 g/mol. The third-order valence-corrected chi connectivity index (χ3v) is 17.7. The number of carboxylic acid groups (broad SMARTS) is 2. The second-order valence-corrected chi connectivity index (χ2v) is 21.7. The molecule has 2 N–H and O–H groups in total. The fourth-order valence-electron chi connectivity index (χ4n) is 10.00. The number of carboxylic acids is 2. The molecule has 0 aliphatic carbocycles. The Kier molecular flexibility index (Phi) is 11.8. The highest BCUT2D eigenvalue weighted by molar-refractivity contribution is 8.05. The van der Waals surface area contributed by atoms with Crippen LogP contribution in [0.4, 0.5) is 11.4 Å². The Labute approximate surface area is 407 Å². The van der Waals surface area contributed by atoms with E-state index in [9.17, 15) is 29.9 Å². The van der Waals surface area contributed by atoms with E-state index in [-0.39, 0.29) is 10.3 Å². The van der Waals surface area contributed by atoms with E-state index in [4.69, 9.17) is 0 Å². The number of nitrogens with zero attached hydrogens (tertiary/aromatic N) is 3. The number of benzene rings is 6. The molecule has 10 rings (SSSR count). The zero-order valence-corrected chi connectivity index (χ0v) is 40.7. The Bertz CT molecular complexity index is 3400. The first-order valence-corrected chi connectivity index (χ1v) is 25.5. The highest BCUT2D eigenvalue weighted by Gasteiger charge is 2.53. The molecule has 6 aromatic carbocycles. The van der Waals surface area contributed by atoms with Crippen LogP contribution in [0, 0.1) is 16.7 Å². The molecule has 340 valence electrons. The van der Waals surface area contributed by atoms with Crippen LogP contribution in [0.15, 0.2) is 132 Å². The van der Waals surface area contributed by atoms with E-state index in [1.165, 1.54) is 58.8 Å². The predicted octanol–water partition coefficient (Wildman–Crippen LogP) is 14.6. The molecule has 68 heavy (non-hydrogen) atoms. The van der Waals surface area contributed by atoms with Crippen LogP contribution >= 0.6 is 34.4 Å². The summed E-state index contributed by atoms with van der Waals surface area (Å²) >= 11 is 4.41. The number of amides is 1. The number of fused-ring (bicyclic) bond motifs is 7. The Balaban J connectivity index is 1.14. The van der Waals surface area contributed by atoms with Gasteiger partial charge in [0, 0.05) is 43.5 Å². The van der Waals surface area contributed by atoms with Crippen molar-refractivity contribution in [3.05, 3.63) is 149 Å². The van der Waals surface area contributed by atoms with Crippen molar-refractivity contribution in [1.82, 2.24) is 4.90 Å². The van der Waals surface area contributed by atoms with E-state index in [1.54, 1.807) is 28.7 Å². The van der Waals surface area contributed by atoms with Crippen LogP contribution in [-0.2, 0) is 19.8 Å². The van der Waals surface area contributed by atoms with Crippen molar-refractivity contribution >= 4 is 99.3 Å². The van der Waals surface area contributed by atoms with Crippen LogP contribution in [0.1, 0.15) is 70.1 Å². The lowest BCUT2D eigenvalue weighted by atomic mass is 9.72. The molecule has 1 saturated heterocycles. The number of hydrogen-bond acceptors (Lipinski definition) is 8. The molecule has 2 atom stereocenters. The van der Waals surface area contributed by atoms with Crippen molar-refractivity contribution < 1.29 is 24.6 Å². The maximum Gasteiger partial charge on any atom is 0.326 e. The lowest BCUT2D eigenvalue weighted by Crippen LogP contribution is -2.48. The summed E-state index contributed by atoms with van der Waals surface area (Å²) in [6.07, 6.45) is 6.50. The van der Waals surface area contributed by atoms with Crippen LogP contribution in [0.2, 0.25) is 0 Å². The molecule has 0 radical (unpaired) electrons. The maximum atomic E-state index is 14.1. The van der Waals surface area contributed by atoms with Crippen LogP contribution in [0.25, 0.3) is 69.0 Å². The summed E-state index contributed by atoms with van der Waals surface area (Å²) in [4.78, 5) is 42.2. The minimum absolute atomic E-state index is 0.173. The van der Waals surface area contributed by atoms with E-state index in [0.717, 1.165) is 88.1 Å². The first-order valence-electron chi connectivity index (χ1n) is 23.0. The number of rotatable bonds is 13. The van der Waals surface area contributed by atoms with Crippen molar-refractivity contribution in [1.29, 1.82) is 5.26 Å². The third-order valence-electron chi connectivity index (χ3n) is 13.7. The third kappa shape index (κ3) is 7.65. The molecular weight excluding hydrogens is 903 g/mol. The fourth-order valence-corrected chi connectivity index (χ4v) is 14.0. The molecule has 4 heterocycles. The largest absolute Gasteiger partial charge is 0.480 e. The summed E-state index contributed by atoms with van der Waals surface area (Å²) in [5.41, 5.74) is 10.1. The molecular formula is C57H49N3O5S3. The van der Waals surface area contributed by atoms with E-state index >= 15 is 0 Å². The summed E-state index contributed by atoms with van der Waals surface area (Å²) in [6.45, 7) is 8.41. The van der Waals surface area contributed by atoms with Gasteiger partial charge in [-0.1, -0.05) is 137 Å². The van der Waals surface area contributed by atoms with Crippen molar-refractivity contribution in [2.24, 2.45) is 5.41 Å². The normalized spacial score (nSPS) is 16.8. The van der Waals surface area contributed by atoms with Crippen LogP contribution in [-0.4, -0.2) is 51.4 Å².